The first-order valence-electron chi connectivity index (χ1n) is 2.57. The Kier molecular flexibility index (Phi) is 4.36. The van der Waals surface area contributed by atoms with Gasteiger partial charge in [-0.05, 0) is 12.1 Å². The van der Waals surface area contributed by atoms with Gasteiger partial charge in [0.15, 0.2) is 0 Å². The van der Waals surface area contributed by atoms with Gasteiger partial charge in [0.25, 0.3) is 0 Å². The SMILES string of the molecule is O=Cc1cccc(O)c1.[NaH]. The van der Waals surface area contributed by atoms with Crippen molar-refractivity contribution >= 4 is 35.8 Å². The van der Waals surface area contributed by atoms with Crippen LogP contribution in [-0.4, -0.2) is 40.9 Å². The van der Waals surface area contributed by atoms with Crippen molar-refractivity contribution in [3.05, 3.63) is 29.8 Å². The molecule has 0 saturated carbocycles. The third kappa shape index (κ3) is 2.52. The van der Waals surface area contributed by atoms with Gasteiger partial charge in [0, 0.05) is 5.56 Å². The Bertz CT molecular complexity index is 223. The Hall–Kier alpha value is -0.310. The van der Waals surface area contributed by atoms with Crippen LogP contribution in [0.2, 0.25) is 0 Å². The molecule has 0 atom stereocenters. The topological polar surface area (TPSA) is 37.3 Å². The van der Waals surface area contributed by atoms with Crippen LogP contribution in [0.15, 0.2) is 24.3 Å². The summed E-state index contributed by atoms with van der Waals surface area (Å²) >= 11 is 0. The van der Waals surface area contributed by atoms with E-state index in [0.717, 1.165) is 0 Å². The van der Waals surface area contributed by atoms with Gasteiger partial charge in [-0.15, -0.1) is 0 Å². The van der Waals surface area contributed by atoms with Gasteiger partial charge < -0.3 is 5.11 Å². The van der Waals surface area contributed by atoms with Gasteiger partial charge in [-0.25, -0.2) is 0 Å². The maximum atomic E-state index is 10.0. The molecule has 2 nitrogen and oxygen atoms in total. The minimum absolute atomic E-state index is 0. The number of rotatable bonds is 1. The van der Waals surface area contributed by atoms with E-state index < -0.39 is 0 Å². The summed E-state index contributed by atoms with van der Waals surface area (Å²) in [5.41, 5.74) is 0.495. The van der Waals surface area contributed by atoms with Crippen molar-refractivity contribution in [2.24, 2.45) is 0 Å². The molecule has 0 aliphatic carbocycles. The summed E-state index contributed by atoms with van der Waals surface area (Å²) in [6, 6.07) is 6.19. The molecule has 0 radical (unpaired) electrons. The van der Waals surface area contributed by atoms with Crippen molar-refractivity contribution < 1.29 is 9.90 Å². The molecule has 0 unspecified atom stereocenters. The number of hydrogen-bond donors (Lipinski definition) is 1. The van der Waals surface area contributed by atoms with Crippen LogP contribution in [0, 0.1) is 0 Å². The summed E-state index contributed by atoms with van der Waals surface area (Å²) in [7, 11) is 0. The second kappa shape index (κ2) is 4.50. The number of aromatic hydroxyl groups is 1. The molecule has 1 aromatic rings. The quantitative estimate of drug-likeness (QED) is 0.464. The fourth-order valence-corrected chi connectivity index (χ4v) is 0.598. The number of phenolic OH excluding ortho intramolecular Hbond substituents is 1. The molecule has 0 fully saturated rings. The molecule has 0 bridgehead atoms. The second-order valence-electron chi connectivity index (χ2n) is 1.71. The Morgan fingerprint density at radius 1 is 1.40 bits per heavy atom. The van der Waals surface area contributed by atoms with Crippen LogP contribution in [0.4, 0.5) is 0 Å². The van der Waals surface area contributed by atoms with Gasteiger partial charge in [-0.2, -0.15) is 0 Å². The number of aldehydes is 1. The third-order valence-electron chi connectivity index (χ3n) is 1.01. The summed E-state index contributed by atoms with van der Waals surface area (Å²) in [4.78, 5) is 10.0. The van der Waals surface area contributed by atoms with Crippen molar-refractivity contribution in [3.8, 4) is 5.75 Å². The van der Waals surface area contributed by atoms with E-state index in [9.17, 15) is 4.79 Å². The van der Waals surface area contributed by atoms with E-state index in [1.165, 1.54) is 12.1 Å². The summed E-state index contributed by atoms with van der Waals surface area (Å²) in [6.45, 7) is 0. The number of benzene rings is 1. The normalized spacial score (nSPS) is 8.00. The second-order valence-corrected chi connectivity index (χ2v) is 1.71. The molecule has 0 spiro atoms. The molecule has 0 heterocycles. The third-order valence-corrected chi connectivity index (χ3v) is 1.01. The van der Waals surface area contributed by atoms with Crippen LogP contribution in [0.3, 0.4) is 0 Å². The number of phenols is 1. The van der Waals surface area contributed by atoms with Crippen molar-refractivity contribution in [1.82, 2.24) is 0 Å². The predicted octanol–water partition coefficient (Wildman–Crippen LogP) is 0.556. The first-order chi connectivity index (χ1) is 4.33. The average molecular weight is 146 g/mol. The summed E-state index contributed by atoms with van der Waals surface area (Å²) in [5, 5.41) is 8.79. The Morgan fingerprint density at radius 2 is 2.10 bits per heavy atom. The molecule has 3 heteroatoms. The van der Waals surface area contributed by atoms with Gasteiger partial charge in [0.1, 0.15) is 12.0 Å². The average Bonchev–Trinajstić information content (AvgIpc) is 1.88. The molecular formula is C7H7NaO2. The van der Waals surface area contributed by atoms with Gasteiger partial charge in [0.05, 0.1) is 0 Å². The van der Waals surface area contributed by atoms with Crippen LogP contribution in [0.1, 0.15) is 10.4 Å². The standard InChI is InChI=1S/C7H6O2.Na.H/c8-5-6-2-1-3-7(9)4-6;;/h1-5,9H;;. The van der Waals surface area contributed by atoms with E-state index in [1.54, 1.807) is 12.1 Å². The van der Waals surface area contributed by atoms with E-state index in [0.29, 0.717) is 11.8 Å². The number of hydrogen-bond acceptors (Lipinski definition) is 2. The van der Waals surface area contributed by atoms with E-state index in [1.807, 2.05) is 0 Å². The van der Waals surface area contributed by atoms with E-state index in [-0.39, 0.29) is 35.3 Å². The van der Waals surface area contributed by atoms with Crippen LogP contribution in [-0.2, 0) is 0 Å². The molecule has 0 aliphatic rings. The number of carbonyl (C=O) groups excluding carboxylic acids is 1. The Balaban J connectivity index is 0.000000810. The van der Waals surface area contributed by atoms with Crippen LogP contribution in [0.25, 0.3) is 0 Å². The molecule has 48 valence electrons. The first kappa shape index (κ1) is 9.69. The fraction of sp³-hybridized carbons (Fsp3) is 0. The van der Waals surface area contributed by atoms with Crippen LogP contribution in [0.5, 0.6) is 5.75 Å². The van der Waals surface area contributed by atoms with Gasteiger partial charge in [-0.3, -0.25) is 4.79 Å². The van der Waals surface area contributed by atoms with Gasteiger partial charge >= 0.3 is 29.6 Å². The fourth-order valence-electron chi connectivity index (χ4n) is 0.598. The molecule has 0 amide bonds. The first-order valence-corrected chi connectivity index (χ1v) is 2.57. The maximum absolute atomic E-state index is 10.0. The summed E-state index contributed by atoms with van der Waals surface area (Å²) in [6.07, 6.45) is 0.694. The molecule has 1 N–H and O–H groups in total. The zero-order chi connectivity index (χ0) is 6.69. The van der Waals surface area contributed by atoms with Crippen molar-refractivity contribution in [2.75, 3.05) is 0 Å². The molecular weight excluding hydrogens is 139 g/mol. The predicted molar refractivity (Wildman–Crippen MR) is 40.6 cm³/mol. The Morgan fingerprint density at radius 3 is 2.50 bits per heavy atom. The zero-order valence-electron chi connectivity index (χ0n) is 4.74. The monoisotopic (exact) mass is 146 g/mol. The zero-order valence-corrected chi connectivity index (χ0v) is 4.74. The molecule has 1 rings (SSSR count). The molecule has 0 saturated heterocycles. The summed E-state index contributed by atoms with van der Waals surface area (Å²) in [5.74, 6) is 0.125. The van der Waals surface area contributed by atoms with Crippen molar-refractivity contribution in [3.63, 3.8) is 0 Å². The minimum atomic E-state index is 0. The number of carbonyl (C=O) groups is 1. The van der Waals surface area contributed by atoms with Crippen molar-refractivity contribution in [1.29, 1.82) is 0 Å². The molecule has 1 aromatic carbocycles. The Labute approximate surface area is 81.2 Å². The van der Waals surface area contributed by atoms with E-state index in [2.05, 4.69) is 0 Å². The van der Waals surface area contributed by atoms with Gasteiger partial charge in [0.2, 0.25) is 0 Å². The van der Waals surface area contributed by atoms with E-state index in [4.69, 9.17) is 5.11 Å². The molecule has 0 aliphatic heterocycles. The summed E-state index contributed by atoms with van der Waals surface area (Å²) < 4.78 is 0. The van der Waals surface area contributed by atoms with Gasteiger partial charge in [-0.1, -0.05) is 12.1 Å². The molecule has 0 aromatic heterocycles. The molecule has 10 heavy (non-hydrogen) atoms. The van der Waals surface area contributed by atoms with Crippen molar-refractivity contribution in [2.45, 2.75) is 0 Å². The van der Waals surface area contributed by atoms with Crippen LogP contribution < -0.4 is 0 Å². The van der Waals surface area contributed by atoms with Crippen LogP contribution >= 0.6 is 0 Å². The van der Waals surface area contributed by atoms with E-state index >= 15 is 0 Å².